The highest BCUT2D eigenvalue weighted by Crippen LogP contribution is 2.13. The van der Waals surface area contributed by atoms with Crippen LogP contribution in [0.3, 0.4) is 0 Å². The van der Waals surface area contributed by atoms with E-state index in [0.29, 0.717) is 12.2 Å². The zero-order chi connectivity index (χ0) is 25.5. The second kappa shape index (κ2) is 30.7. The van der Waals surface area contributed by atoms with E-state index in [0.717, 1.165) is 38.5 Å². The summed E-state index contributed by atoms with van der Waals surface area (Å²) in [6, 6.07) is 0. The van der Waals surface area contributed by atoms with Gasteiger partial charge in [0.2, 0.25) is 0 Å². The average molecular weight is 485 g/mol. The maximum absolute atomic E-state index is 12.0. The van der Waals surface area contributed by atoms with Crippen LogP contribution in [0.25, 0.3) is 0 Å². The van der Waals surface area contributed by atoms with Crippen molar-refractivity contribution in [2.75, 3.05) is 0 Å². The number of carbonyl (C=O) groups excluding carboxylic acids is 1. The predicted octanol–water partition coefficient (Wildman–Crippen LogP) is 11.8. The van der Waals surface area contributed by atoms with Crippen LogP contribution in [-0.2, 0) is 4.79 Å². The van der Waals surface area contributed by atoms with Crippen LogP contribution in [0.1, 0.15) is 162 Å². The van der Waals surface area contributed by atoms with Gasteiger partial charge in [0, 0.05) is 12.8 Å². The summed E-state index contributed by atoms with van der Waals surface area (Å²) in [7, 11) is 0. The Morgan fingerprint density at radius 3 is 1.26 bits per heavy atom. The summed E-state index contributed by atoms with van der Waals surface area (Å²) in [4.78, 5) is 12.0. The standard InChI is InChI=1S/C34H60O/c1-3-5-7-9-11-13-15-17-18-19-21-23-25-27-29-31-33-34(35)32-30-28-26-24-22-20-16-14-12-10-8-6-4-2/h11,13,17-18,21,23,27,29H,3-10,12,14-16,19-20,22,24-26,28,30-33H2,1-2H3/b13-11-,18-17-,23-21-,29-27-. The molecule has 0 aliphatic rings. The van der Waals surface area contributed by atoms with E-state index in [1.165, 1.54) is 103 Å². The zero-order valence-corrected chi connectivity index (χ0v) is 23.8. The molecule has 0 aliphatic carbocycles. The SMILES string of the molecule is CCCCC/C=C\C/C=C\C/C=C\C/C=C\CCC(=O)CCCCCCCCCCCCCCC. The molecule has 0 amide bonds. The molecule has 35 heavy (non-hydrogen) atoms. The van der Waals surface area contributed by atoms with Gasteiger partial charge in [-0.2, -0.15) is 0 Å². The average Bonchev–Trinajstić information content (AvgIpc) is 2.86. The minimum Gasteiger partial charge on any atom is -0.300 e. The Bertz CT molecular complexity index is 537. The van der Waals surface area contributed by atoms with Gasteiger partial charge in [0.25, 0.3) is 0 Å². The van der Waals surface area contributed by atoms with Crippen LogP contribution in [0, 0.1) is 0 Å². The van der Waals surface area contributed by atoms with Crippen molar-refractivity contribution in [2.45, 2.75) is 162 Å². The molecule has 0 aromatic heterocycles. The van der Waals surface area contributed by atoms with E-state index in [4.69, 9.17) is 0 Å². The molecule has 0 rings (SSSR count). The normalized spacial score (nSPS) is 12.3. The van der Waals surface area contributed by atoms with Gasteiger partial charge in [0.15, 0.2) is 0 Å². The second-order valence-corrected chi connectivity index (χ2v) is 10.2. The summed E-state index contributed by atoms with van der Waals surface area (Å²) in [5.74, 6) is 0.442. The quantitative estimate of drug-likeness (QED) is 0.0836. The van der Waals surface area contributed by atoms with Crippen molar-refractivity contribution in [3.05, 3.63) is 48.6 Å². The van der Waals surface area contributed by atoms with Crippen molar-refractivity contribution in [3.8, 4) is 0 Å². The molecule has 0 saturated carbocycles. The van der Waals surface area contributed by atoms with Crippen LogP contribution in [0.2, 0.25) is 0 Å². The Balaban J connectivity index is 3.38. The van der Waals surface area contributed by atoms with E-state index in [2.05, 4.69) is 62.5 Å². The summed E-state index contributed by atoms with van der Waals surface area (Å²) < 4.78 is 0. The maximum atomic E-state index is 12.0. The third-order valence-electron chi connectivity index (χ3n) is 6.61. The maximum Gasteiger partial charge on any atom is 0.133 e. The summed E-state index contributed by atoms with van der Waals surface area (Å²) in [5.41, 5.74) is 0. The summed E-state index contributed by atoms with van der Waals surface area (Å²) >= 11 is 0. The molecule has 0 atom stereocenters. The lowest BCUT2D eigenvalue weighted by Gasteiger charge is -2.03. The highest BCUT2D eigenvalue weighted by atomic mass is 16.1. The topological polar surface area (TPSA) is 17.1 Å². The number of allylic oxidation sites excluding steroid dienone is 8. The lowest BCUT2D eigenvalue weighted by Crippen LogP contribution is -1.96. The van der Waals surface area contributed by atoms with Crippen LogP contribution < -0.4 is 0 Å². The minimum atomic E-state index is 0.442. The number of Topliss-reactive ketones (excluding diaryl/α,β-unsaturated/α-hetero) is 1. The van der Waals surface area contributed by atoms with Crippen LogP contribution in [-0.4, -0.2) is 5.78 Å². The first kappa shape index (κ1) is 33.6. The predicted molar refractivity (Wildman–Crippen MR) is 159 cm³/mol. The molecule has 0 heterocycles. The van der Waals surface area contributed by atoms with Crippen molar-refractivity contribution >= 4 is 5.78 Å². The Kier molecular flexibility index (Phi) is 29.5. The summed E-state index contributed by atoms with van der Waals surface area (Å²) in [6.45, 7) is 4.53. The molecule has 0 spiro atoms. The monoisotopic (exact) mass is 484 g/mol. The molecule has 0 aliphatic heterocycles. The number of hydrogen-bond donors (Lipinski definition) is 0. The third-order valence-corrected chi connectivity index (χ3v) is 6.61. The van der Waals surface area contributed by atoms with Crippen molar-refractivity contribution in [1.29, 1.82) is 0 Å². The van der Waals surface area contributed by atoms with Gasteiger partial charge in [-0.3, -0.25) is 4.79 Å². The van der Waals surface area contributed by atoms with E-state index in [1.54, 1.807) is 0 Å². The van der Waals surface area contributed by atoms with E-state index < -0.39 is 0 Å². The Morgan fingerprint density at radius 2 is 0.771 bits per heavy atom. The van der Waals surface area contributed by atoms with Crippen LogP contribution >= 0.6 is 0 Å². The van der Waals surface area contributed by atoms with Crippen molar-refractivity contribution in [2.24, 2.45) is 0 Å². The fourth-order valence-corrected chi connectivity index (χ4v) is 4.27. The van der Waals surface area contributed by atoms with E-state index in [9.17, 15) is 4.79 Å². The number of ketones is 1. The minimum absolute atomic E-state index is 0.442. The van der Waals surface area contributed by atoms with Gasteiger partial charge in [-0.1, -0.05) is 152 Å². The van der Waals surface area contributed by atoms with E-state index in [-0.39, 0.29) is 0 Å². The lowest BCUT2D eigenvalue weighted by atomic mass is 10.0. The van der Waals surface area contributed by atoms with Crippen LogP contribution in [0.4, 0.5) is 0 Å². The molecule has 0 radical (unpaired) electrons. The first-order valence-corrected chi connectivity index (χ1v) is 15.4. The molecular weight excluding hydrogens is 424 g/mol. The Labute approximate surface area is 220 Å². The fourth-order valence-electron chi connectivity index (χ4n) is 4.27. The second-order valence-electron chi connectivity index (χ2n) is 10.2. The van der Waals surface area contributed by atoms with Gasteiger partial charge in [0.1, 0.15) is 5.78 Å². The zero-order valence-electron chi connectivity index (χ0n) is 23.8. The van der Waals surface area contributed by atoms with Crippen molar-refractivity contribution in [1.82, 2.24) is 0 Å². The molecule has 0 fully saturated rings. The lowest BCUT2D eigenvalue weighted by molar-refractivity contribution is -0.119. The smallest absolute Gasteiger partial charge is 0.133 e. The van der Waals surface area contributed by atoms with Gasteiger partial charge in [-0.15, -0.1) is 0 Å². The van der Waals surface area contributed by atoms with E-state index >= 15 is 0 Å². The first-order chi connectivity index (χ1) is 17.3. The molecular formula is C34H60O. The molecule has 0 saturated heterocycles. The number of hydrogen-bond acceptors (Lipinski definition) is 1. The molecule has 1 nitrogen and oxygen atoms in total. The molecule has 0 unspecified atom stereocenters. The van der Waals surface area contributed by atoms with Crippen LogP contribution in [0.15, 0.2) is 48.6 Å². The third kappa shape index (κ3) is 30.6. The molecule has 0 aromatic carbocycles. The number of rotatable bonds is 27. The summed E-state index contributed by atoms with van der Waals surface area (Å²) in [5, 5.41) is 0. The van der Waals surface area contributed by atoms with Crippen molar-refractivity contribution in [3.63, 3.8) is 0 Å². The van der Waals surface area contributed by atoms with E-state index in [1.807, 2.05) is 0 Å². The number of carbonyl (C=O) groups is 1. The van der Waals surface area contributed by atoms with Gasteiger partial charge < -0.3 is 0 Å². The van der Waals surface area contributed by atoms with Gasteiger partial charge in [-0.25, -0.2) is 0 Å². The highest BCUT2D eigenvalue weighted by molar-refractivity contribution is 5.78. The van der Waals surface area contributed by atoms with Gasteiger partial charge >= 0.3 is 0 Å². The Hall–Kier alpha value is -1.37. The summed E-state index contributed by atoms with van der Waals surface area (Å²) in [6.07, 6.45) is 46.2. The molecule has 0 aromatic rings. The molecule has 1 heteroatoms. The first-order valence-electron chi connectivity index (χ1n) is 15.4. The van der Waals surface area contributed by atoms with Gasteiger partial charge in [-0.05, 0) is 44.9 Å². The molecule has 0 bridgehead atoms. The van der Waals surface area contributed by atoms with Crippen molar-refractivity contribution < 1.29 is 4.79 Å². The molecule has 0 N–H and O–H groups in total. The van der Waals surface area contributed by atoms with Gasteiger partial charge in [0.05, 0.1) is 0 Å². The highest BCUT2D eigenvalue weighted by Gasteiger charge is 2.00. The van der Waals surface area contributed by atoms with Crippen LogP contribution in [0.5, 0.6) is 0 Å². The largest absolute Gasteiger partial charge is 0.300 e. The number of unbranched alkanes of at least 4 members (excludes halogenated alkanes) is 15. The molecule has 202 valence electrons. The fraction of sp³-hybridized carbons (Fsp3) is 0.735. The Morgan fingerprint density at radius 1 is 0.400 bits per heavy atom.